The number of carbonyl (C=O) groups is 1. The van der Waals surface area contributed by atoms with Gasteiger partial charge >= 0.3 is 0 Å². The number of carbonyl (C=O) groups excluding carboxylic acids is 1. The summed E-state index contributed by atoms with van der Waals surface area (Å²) in [5.74, 6) is -0.460. The van der Waals surface area contributed by atoms with Gasteiger partial charge in [-0.1, -0.05) is 17.7 Å². The molecule has 0 aliphatic carbocycles. The lowest BCUT2D eigenvalue weighted by molar-refractivity contribution is -0.384. The fourth-order valence-corrected chi connectivity index (χ4v) is 2.01. The minimum atomic E-state index is -0.557. The zero-order valence-electron chi connectivity index (χ0n) is 12.6. The van der Waals surface area contributed by atoms with Gasteiger partial charge in [0.05, 0.1) is 17.1 Å². The lowest BCUT2D eigenvalue weighted by Gasteiger charge is -2.12. The Bertz CT molecular complexity index is 714. The van der Waals surface area contributed by atoms with Gasteiger partial charge in [0.2, 0.25) is 0 Å². The summed E-state index contributed by atoms with van der Waals surface area (Å²) in [6.07, 6.45) is 0. The van der Waals surface area contributed by atoms with Gasteiger partial charge in [-0.25, -0.2) is 0 Å². The van der Waals surface area contributed by atoms with Crippen LogP contribution in [-0.4, -0.2) is 29.1 Å². The second-order valence-electron chi connectivity index (χ2n) is 4.96. The number of anilines is 2. The molecule has 0 heterocycles. The molecule has 2 aromatic carbocycles. The van der Waals surface area contributed by atoms with Crippen molar-refractivity contribution >= 4 is 23.0 Å². The van der Waals surface area contributed by atoms with Gasteiger partial charge in [0.1, 0.15) is 0 Å². The molecule has 0 saturated heterocycles. The SMILES string of the molecule is Cc1ccc(NC(=O)c2cc([N+](=O)[O-])ccc2NCCO)cc1. The second-order valence-corrected chi connectivity index (χ2v) is 4.96. The van der Waals surface area contributed by atoms with E-state index in [4.69, 9.17) is 5.11 Å². The molecule has 7 heteroatoms. The van der Waals surface area contributed by atoms with Crippen LogP contribution in [0.25, 0.3) is 0 Å². The van der Waals surface area contributed by atoms with Crippen molar-refractivity contribution in [1.82, 2.24) is 0 Å². The number of nitrogens with zero attached hydrogens (tertiary/aromatic N) is 1. The number of non-ortho nitro benzene ring substituents is 1. The van der Waals surface area contributed by atoms with Gasteiger partial charge in [-0.3, -0.25) is 14.9 Å². The zero-order chi connectivity index (χ0) is 16.8. The van der Waals surface area contributed by atoms with E-state index < -0.39 is 10.8 Å². The van der Waals surface area contributed by atoms with E-state index in [2.05, 4.69) is 10.6 Å². The van der Waals surface area contributed by atoms with Crippen molar-refractivity contribution in [1.29, 1.82) is 0 Å². The Morgan fingerprint density at radius 3 is 2.52 bits per heavy atom. The number of nitro benzene ring substituents is 1. The fourth-order valence-electron chi connectivity index (χ4n) is 2.01. The van der Waals surface area contributed by atoms with Crippen LogP contribution in [0, 0.1) is 17.0 Å². The van der Waals surface area contributed by atoms with Gasteiger partial charge in [-0.05, 0) is 25.1 Å². The maximum atomic E-state index is 12.4. The Morgan fingerprint density at radius 1 is 1.22 bits per heavy atom. The van der Waals surface area contributed by atoms with Crippen LogP contribution < -0.4 is 10.6 Å². The number of hydrogen-bond donors (Lipinski definition) is 3. The van der Waals surface area contributed by atoms with E-state index in [9.17, 15) is 14.9 Å². The van der Waals surface area contributed by atoms with Gasteiger partial charge in [0.15, 0.2) is 0 Å². The van der Waals surface area contributed by atoms with E-state index in [1.165, 1.54) is 18.2 Å². The summed E-state index contributed by atoms with van der Waals surface area (Å²) in [5.41, 5.74) is 2.06. The monoisotopic (exact) mass is 315 g/mol. The van der Waals surface area contributed by atoms with Gasteiger partial charge in [0, 0.05) is 30.1 Å². The summed E-state index contributed by atoms with van der Waals surface area (Å²) < 4.78 is 0. The third-order valence-corrected chi connectivity index (χ3v) is 3.20. The molecule has 3 N–H and O–H groups in total. The van der Waals surface area contributed by atoms with Crippen molar-refractivity contribution in [3.63, 3.8) is 0 Å². The Morgan fingerprint density at radius 2 is 1.91 bits per heavy atom. The molecule has 0 fully saturated rings. The molecule has 0 radical (unpaired) electrons. The smallest absolute Gasteiger partial charge is 0.270 e. The molecular weight excluding hydrogens is 298 g/mol. The molecule has 2 rings (SSSR count). The van der Waals surface area contributed by atoms with Crippen LogP contribution in [0.5, 0.6) is 0 Å². The third-order valence-electron chi connectivity index (χ3n) is 3.20. The molecule has 120 valence electrons. The molecule has 0 aromatic heterocycles. The van der Waals surface area contributed by atoms with Crippen LogP contribution in [0.1, 0.15) is 15.9 Å². The molecule has 7 nitrogen and oxygen atoms in total. The predicted octanol–water partition coefficient (Wildman–Crippen LogP) is 2.56. The van der Waals surface area contributed by atoms with Crippen LogP contribution in [-0.2, 0) is 0 Å². The van der Waals surface area contributed by atoms with Crippen LogP contribution in [0.15, 0.2) is 42.5 Å². The van der Waals surface area contributed by atoms with Gasteiger partial charge in [0.25, 0.3) is 11.6 Å². The van der Waals surface area contributed by atoms with Crippen molar-refractivity contribution in [3.8, 4) is 0 Å². The average molecular weight is 315 g/mol. The lowest BCUT2D eigenvalue weighted by Crippen LogP contribution is -2.16. The molecule has 0 atom stereocenters. The van der Waals surface area contributed by atoms with Gasteiger partial charge < -0.3 is 15.7 Å². The van der Waals surface area contributed by atoms with E-state index in [-0.39, 0.29) is 24.4 Å². The van der Waals surface area contributed by atoms with E-state index in [1.807, 2.05) is 19.1 Å². The van der Waals surface area contributed by atoms with Crippen molar-refractivity contribution in [2.45, 2.75) is 6.92 Å². The Hall–Kier alpha value is -2.93. The first-order valence-corrected chi connectivity index (χ1v) is 7.02. The number of nitrogens with one attached hydrogen (secondary N) is 2. The van der Waals surface area contributed by atoms with E-state index in [1.54, 1.807) is 12.1 Å². The average Bonchev–Trinajstić information content (AvgIpc) is 2.54. The quantitative estimate of drug-likeness (QED) is 0.561. The summed E-state index contributed by atoms with van der Waals surface area (Å²) in [5, 5.41) is 25.4. The fraction of sp³-hybridized carbons (Fsp3) is 0.188. The molecule has 0 aliphatic rings. The molecular formula is C16H17N3O4. The van der Waals surface area contributed by atoms with Crippen LogP contribution in [0.3, 0.4) is 0 Å². The standard InChI is InChI=1S/C16H17N3O4/c1-11-2-4-12(5-3-11)18-16(21)14-10-13(19(22)23)6-7-15(14)17-8-9-20/h2-7,10,17,20H,8-9H2,1H3,(H,18,21). The molecule has 23 heavy (non-hydrogen) atoms. The molecule has 0 bridgehead atoms. The van der Waals surface area contributed by atoms with E-state index >= 15 is 0 Å². The number of aryl methyl sites for hydroxylation is 1. The maximum Gasteiger partial charge on any atom is 0.270 e. The zero-order valence-corrected chi connectivity index (χ0v) is 12.6. The molecule has 2 aromatic rings. The molecule has 0 unspecified atom stereocenters. The summed E-state index contributed by atoms with van der Waals surface area (Å²) in [6.45, 7) is 2.06. The van der Waals surface area contributed by atoms with Crippen molar-refractivity contribution < 1.29 is 14.8 Å². The molecule has 1 amide bonds. The Kier molecular flexibility index (Phi) is 5.27. The minimum Gasteiger partial charge on any atom is -0.395 e. The molecule has 0 saturated carbocycles. The van der Waals surface area contributed by atoms with Crippen LogP contribution >= 0.6 is 0 Å². The molecule has 0 aliphatic heterocycles. The highest BCUT2D eigenvalue weighted by Crippen LogP contribution is 2.23. The van der Waals surface area contributed by atoms with Gasteiger partial charge in [-0.2, -0.15) is 0 Å². The van der Waals surface area contributed by atoms with Gasteiger partial charge in [-0.15, -0.1) is 0 Å². The summed E-state index contributed by atoms with van der Waals surface area (Å²) in [7, 11) is 0. The number of aliphatic hydroxyl groups excluding tert-OH is 1. The van der Waals surface area contributed by atoms with Crippen molar-refractivity contribution in [3.05, 3.63) is 63.7 Å². The first-order chi connectivity index (χ1) is 11.0. The first kappa shape index (κ1) is 16.4. The number of aliphatic hydroxyl groups is 1. The Labute approximate surface area is 133 Å². The number of benzene rings is 2. The topological polar surface area (TPSA) is 104 Å². The van der Waals surface area contributed by atoms with Crippen molar-refractivity contribution in [2.24, 2.45) is 0 Å². The summed E-state index contributed by atoms with van der Waals surface area (Å²) in [6, 6.07) is 11.2. The summed E-state index contributed by atoms with van der Waals surface area (Å²) >= 11 is 0. The van der Waals surface area contributed by atoms with Crippen LogP contribution in [0.2, 0.25) is 0 Å². The van der Waals surface area contributed by atoms with E-state index in [0.29, 0.717) is 11.4 Å². The number of rotatable bonds is 6. The Balaban J connectivity index is 2.29. The number of hydrogen-bond acceptors (Lipinski definition) is 5. The number of nitro groups is 1. The van der Waals surface area contributed by atoms with E-state index in [0.717, 1.165) is 5.56 Å². The predicted molar refractivity (Wildman–Crippen MR) is 87.8 cm³/mol. The molecule has 0 spiro atoms. The highest BCUT2D eigenvalue weighted by atomic mass is 16.6. The summed E-state index contributed by atoms with van der Waals surface area (Å²) in [4.78, 5) is 22.8. The second kappa shape index (κ2) is 7.37. The maximum absolute atomic E-state index is 12.4. The third kappa shape index (κ3) is 4.27. The largest absolute Gasteiger partial charge is 0.395 e. The van der Waals surface area contributed by atoms with Crippen molar-refractivity contribution in [2.75, 3.05) is 23.8 Å². The minimum absolute atomic E-state index is 0.115. The highest BCUT2D eigenvalue weighted by molar-refractivity contribution is 6.08. The highest BCUT2D eigenvalue weighted by Gasteiger charge is 2.17. The lowest BCUT2D eigenvalue weighted by atomic mass is 10.1. The number of amides is 1. The van der Waals surface area contributed by atoms with Crippen LogP contribution in [0.4, 0.5) is 17.1 Å². The first-order valence-electron chi connectivity index (χ1n) is 7.02. The normalized spacial score (nSPS) is 10.2.